The van der Waals surface area contributed by atoms with E-state index in [4.69, 9.17) is 4.52 Å². The lowest BCUT2D eigenvalue weighted by Crippen LogP contribution is -2.11. The van der Waals surface area contributed by atoms with Gasteiger partial charge in [-0.05, 0) is 48.9 Å². The quantitative estimate of drug-likeness (QED) is 0.699. The second-order valence-corrected chi connectivity index (χ2v) is 8.60. The van der Waals surface area contributed by atoms with Crippen molar-refractivity contribution < 1.29 is 9.32 Å². The number of benzene rings is 2. The molecule has 0 saturated carbocycles. The molecule has 0 atom stereocenters. The standard InChI is InChI=1S/C19H17N3O2S2/c1-12-20-18(24-22-12)14-7-5-13(6-8-14)17(23)21-16-4-2-3-15(11-16)19-25-9-10-26-19/h2-8,11,19H,9-10H2,1H3,(H,21,23). The van der Waals surface area contributed by atoms with Crippen LogP contribution < -0.4 is 5.32 Å². The number of nitrogens with one attached hydrogen (secondary N) is 1. The number of thioether (sulfide) groups is 2. The third-order valence-electron chi connectivity index (χ3n) is 3.96. The lowest BCUT2D eigenvalue weighted by molar-refractivity contribution is 0.102. The first-order valence-corrected chi connectivity index (χ1v) is 10.3. The van der Waals surface area contributed by atoms with E-state index in [9.17, 15) is 4.79 Å². The average Bonchev–Trinajstić information content (AvgIpc) is 3.34. The maximum atomic E-state index is 12.5. The summed E-state index contributed by atoms with van der Waals surface area (Å²) in [5.41, 5.74) is 3.44. The van der Waals surface area contributed by atoms with E-state index >= 15 is 0 Å². The fourth-order valence-electron chi connectivity index (χ4n) is 2.70. The van der Waals surface area contributed by atoms with Gasteiger partial charge in [0.15, 0.2) is 5.82 Å². The van der Waals surface area contributed by atoms with Crippen molar-refractivity contribution >= 4 is 35.1 Å². The van der Waals surface area contributed by atoms with Crippen LogP contribution in [-0.2, 0) is 0 Å². The number of anilines is 1. The molecular formula is C19H17N3O2S2. The van der Waals surface area contributed by atoms with Gasteiger partial charge in [-0.15, -0.1) is 23.5 Å². The van der Waals surface area contributed by atoms with Gasteiger partial charge in [0, 0.05) is 28.3 Å². The van der Waals surface area contributed by atoms with Gasteiger partial charge in [0.2, 0.25) is 0 Å². The highest BCUT2D eigenvalue weighted by Gasteiger charge is 2.18. The van der Waals surface area contributed by atoms with E-state index in [0.717, 1.165) is 11.3 Å². The Kier molecular flexibility index (Phi) is 4.99. The van der Waals surface area contributed by atoms with Gasteiger partial charge < -0.3 is 9.84 Å². The van der Waals surface area contributed by atoms with Gasteiger partial charge in [0.25, 0.3) is 11.8 Å². The molecule has 1 aromatic heterocycles. The summed E-state index contributed by atoms with van der Waals surface area (Å²) in [6.45, 7) is 1.77. The Morgan fingerprint density at radius 3 is 2.62 bits per heavy atom. The van der Waals surface area contributed by atoms with Crippen molar-refractivity contribution in [3.8, 4) is 11.5 Å². The van der Waals surface area contributed by atoms with Crippen molar-refractivity contribution in [2.24, 2.45) is 0 Å². The fraction of sp³-hybridized carbons (Fsp3) is 0.211. The zero-order valence-corrected chi connectivity index (χ0v) is 15.8. The molecule has 1 amide bonds. The number of hydrogen-bond acceptors (Lipinski definition) is 6. The number of hydrogen-bond donors (Lipinski definition) is 1. The number of rotatable bonds is 4. The fourth-order valence-corrected chi connectivity index (χ4v) is 5.53. The van der Waals surface area contributed by atoms with Crippen molar-refractivity contribution in [1.82, 2.24) is 10.1 Å². The molecule has 0 unspecified atom stereocenters. The summed E-state index contributed by atoms with van der Waals surface area (Å²) in [4.78, 5) is 16.7. The van der Waals surface area contributed by atoms with Crippen molar-refractivity contribution in [2.45, 2.75) is 11.5 Å². The molecule has 0 spiro atoms. The van der Waals surface area contributed by atoms with Crippen LogP contribution in [0.3, 0.4) is 0 Å². The van der Waals surface area contributed by atoms with E-state index in [2.05, 4.69) is 27.6 Å². The van der Waals surface area contributed by atoms with Crippen molar-refractivity contribution in [1.29, 1.82) is 0 Å². The van der Waals surface area contributed by atoms with Crippen molar-refractivity contribution in [3.63, 3.8) is 0 Å². The second kappa shape index (κ2) is 7.55. The molecule has 2 aromatic carbocycles. The van der Waals surface area contributed by atoms with Gasteiger partial charge in [-0.2, -0.15) is 4.98 Å². The Morgan fingerprint density at radius 2 is 1.92 bits per heavy atom. The maximum absolute atomic E-state index is 12.5. The molecule has 4 rings (SSSR count). The van der Waals surface area contributed by atoms with Gasteiger partial charge in [-0.1, -0.05) is 17.3 Å². The largest absolute Gasteiger partial charge is 0.334 e. The van der Waals surface area contributed by atoms with Gasteiger partial charge in [-0.25, -0.2) is 0 Å². The lowest BCUT2D eigenvalue weighted by Gasteiger charge is -2.11. The number of nitrogens with zero attached hydrogens (tertiary/aromatic N) is 2. The van der Waals surface area contributed by atoms with Gasteiger partial charge in [0.05, 0.1) is 4.58 Å². The molecule has 2 heterocycles. The van der Waals surface area contributed by atoms with Crippen LogP contribution in [0, 0.1) is 6.92 Å². The summed E-state index contributed by atoms with van der Waals surface area (Å²) in [6, 6.07) is 15.2. The Labute approximate surface area is 160 Å². The molecular weight excluding hydrogens is 366 g/mol. The molecule has 1 saturated heterocycles. The molecule has 0 aliphatic carbocycles. The molecule has 26 heavy (non-hydrogen) atoms. The molecule has 7 heteroatoms. The van der Waals surface area contributed by atoms with Gasteiger partial charge in [-0.3, -0.25) is 4.79 Å². The predicted octanol–water partition coefficient (Wildman–Crippen LogP) is 4.78. The first-order valence-electron chi connectivity index (χ1n) is 8.24. The van der Waals surface area contributed by atoms with Crippen LogP contribution in [0.2, 0.25) is 0 Å². The number of amides is 1. The highest BCUT2D eigenvalue weighted by Crippen LogP contribution is 2.45. The van der Waals surface area contributed by atoms with Crippen molar-refractivity contribution in [2.75, 3.05) is 16.8 Å². The van der Waals surface area contributed by atoms with E-state index in [0.29, 0.717) is 21.9 Å². The molecule has 1 fully saturated rings. The van der Waals surface area contributed by atoms with E-state index in [1.54, 1.807) is 19.1 Å². The molecule has 1 aliphatic heterocycles. The molecule has 1 N–H and O–H groups in total. The molecule has 0 bridgehead atoms. The first kappa shape index (κ1) is 17.2. The highest BCUT2D eigenvalue weighted by atomic mass is 32.2. The Bertz CT molecular complexity index is 919. The summed E-state index contributed by atoms with van der Waals surface area (Å²) in [5.74, 6) is 3.26. The Hall–Kier alpha value is -2.25. The van der Waals surface area contributed by atoms with Crippen LogP contribution in [0.15, 0.2) is 53.1 Å². The summed E-state index contributed by atoms with van der Waals surface area (Å²) < 4.78 is 5.60. The molecule has 0 radical (unpaired) electrons. The smallest absolute Gasteiger partial charge is 0.257 e. The molecule has 5 nitrogen and oxygen atoms in total. The van der Waals surface area contributed by atoms with Crippen LogP contribution >= 0.6 is 23.5 Å². The minimum Gasteiger partial charge on any atom is -0.334 e. The Balaban J connectivity index is 1.47. The SMILES string of the molecule is Cc1noc(-c2ccc(C(=O)Nc3cccc(C4SCCS4)c3)cc2)n1. The summed E-state index contributed by atoms with van der Waals surface area (Å²) in [7, 11) is 0. The second-order valence-electron chi connectivity index (χ2n) is 5.88. The van der Waals surface area contributed by atoms with Crippen LogP contribution in [0.4, 0.5) is 5.69 Å². The van der Waals surface area contributed by atoms with Crippen LogP contribution in [-0.4, -0.2) is 27.6 Å². The number of carbonyl (C=O) groups is 1. The van der Waals surface area contributed by atoms with E-state index in [-0.39, 0.29) is 5.91 Å². The van der Waals surface area contributed by atoms with E-state index in [1.165, 1.54) is 17.1 Å². The zero-order valence-electron chi connectivity index (χ0n) is 14.1. The summed E-state index contributed by atoms with van der Waals surface area (Å²) >= 11 is 3.90. The first-order chi connectivity index (χ1) is 12.7. The van der Waals surface area contributed by atoms with Gasteiger partial charge >= 0.3 is 0 Å². The lowest BCUT2D eigenvalue weighted by atomic mass is 10.1. The van der Waals surface area contributed by atoms with Crippen LogP contribution in [0.25, 0.3) is 11.5 Å². The van der Waals surface area contributed by atoms with Gasteiger partial charge in [0.1, 0.15) is 0 Å². The van der Waals surface area contributed by atoms with Crippen molar-refractivity contribution in [3.05, 3.63) is 65.5 Å². The third kappa shape index (κ3) is 3.78. The number of aromatic nitrogens is 2. The predicted molar refractivity (Wildman–Crippen MR) is 107 cm³/mol. The summed E-state index contributed by atoms with van der Waals surface area (Å²) in [5, 5.41) is 6.75. The number of aryl methyl sites for hydroxylation is 1. The third-order valence-corrected chi connectivity index (χ3v) is 7.06. The Morgan fingerprint density at radius 1 is 1.15 bits per heavy atom. The maximum Gasteiger partial charge on any atom is 0.257 e. The molecule has 132 valence electrons. The monoisotopic (exact) mass is 383 g/mol. The zero-order chi connectivity index (χ0) is 17.9. The van der Waals surface area contributed by atoms with E-state index in [1.807, 2.05) is 47.8 Å². The normalized spacial score (nSPS) is 14.5. The van der Waals surface area contributed by atoms with Crippen LogP contribution in [0.5, 0.6) is 0 Å². The van der Waals surface area contributed by atoms with E-state index < -0.39 is 0 Å². The summed E-state index contributed by atoms with van der Waals surface area (Å²) in [6.07, 6.45) is 0. The molecule has 1 aliphatic rings. The minimum atomic E-state index is -0.137. The highest BCUT2D eigenvalue weighted by molar-refractivity contribution is 8.19. The average molecular weight is 383 g/mol. The minimum absolute atomic E-state index is 0.137. The molecule has 3 aromatic rings. The van der Waals surface area contributed by atoms with Crippen LogP contribution in [0.1, 0.15) is 26.3 Å². The topological polar surface area (TPSA) is 68.0 Å². The number of carbonyl (C=O) groups excluding carboxylic acids is 1.